The molecule has 26 heavy (non-hydrogen) atoms. The first kappa shape index (κ1) is 16.9. The normalized spacial score (nSPS) is 36.3. The molecule has 1 atom stereocenters. The number of H-pyrrole nitrogens is 1. The van der Waals surface area contributed by atoms with Crippen LogP contribution in [0.1, 0.15) is 64.3 Å². The Morgan fingerprint density at radius 3 is 2.46 bits per heavy atom. The van der Waals surface area contributed by atoms with E-state index in [0.717, 1.165) is 30.6 Å². The third-order valence-corrected chi connectivity index (χ3v) is 8.25. The van der Waals surface area contributed by atoms with E-state index in [-0.39, 0.29) is 23.7 Å². The van der Waals surface area contributed by atoms with Crippen molar-refractivity contribution in [2.45, 2.75) is 75.5 Å². The van der Waals surface area contributed by atoms with Gasteiger partial charge in [0.1, 0.15) is 0 Å². The van der Waals surface area contributed by atoms with Crippen molar-refractivity contribution in [3.63, 3.8) is 0 Å². The number of amides is 1. The lowest BCUT2D eigenvalue weighted by Crippen LogP contribution is -2.56. The van der Waals surface area contributed by atoms with E-state index in [2.05, 4.69) is 22.4 Å². The van der Waals surface area contributed by atoms with E-state index in [4.69, 9.17) is 0 Å². The lowest BCUT2D eigenvalue weighted by Gasteiger charge is -2.59. The van der Waals surface area contributed by atoms with Crippen LogP contribution in [0.3, 0.4) is 0 Å². The summed E-state index contributed by atoms with van der Waals surface area (Å²) in [7, 11) is 0. The van der Waals surface area contributed by atoms with Crippen molar-refractivity contribution in [1.82, 2.24) is 20.1 Å². The van der Waals surface area contributed by atoms with E-state index in [1.165, 1.54) is 50.3 Å². The van der Waals surface area contributed by atoms with Crippen LogP contribution in [0.25, 0.3) is 0 Å². The molecule has 0 saturated heterocycles. The fraction of sp³-hybridized carbons (Fsp3) is 0.842. The molecule has 6 nitrogen and oxygen atoms in total. The summed E-state index contributed by atoms with van der Waals surface area (Å²) in [6.45, 7) is 2.21. The minimum atomic E-state index is -0.155. The molecule has 1 amide bonds. The monoisotopic (exact) mass is 376 g/mol. The van der Waals surface area contributed by atoms with Gasteiger partial charge >= 0.3 is 5.69 Å². The Balaban J connectivity index is 1.20. The largest absolute Gasteiger partial charge is 0.352 e. The van der Waals surface area contributed by atoms with Crippen LogP contribution >= 0.6 is 11.8 Å². The third-order valence-electron chi connectivity index (χ3n) is 7.30. The molecule has 6 rings (SSSR count). The summed E-state index contributed by atoms with van der Waals surface area (Å²) in [5.74, 6) is 3.08. The van der Waals surface area contributed by atoms with Crippen molar-refractivity contribution in [1.29, 1.82) is 0 Å². The molecular formula is C19H28N4O2S. The average molecular weight is 377 g/mol. The summed E-state index contributed by atoms with van der Waals surface area (Å²) in [5.41, 5.74) is 0.176. The predicted molar refractivity (Wildman–Crippen MR) is 100 cm³/mol. The number of nitrogens with zero attached hydrogens (tertiary/aromatic N) is 2. The number of hydrogen-bond donors (Lipinski definition) is 2. The molecule has 1 aromatic heterocycles. The zero-order valence-electron chi connectivity index (χ0n) is 15.4. The van der Waals surface area contributed by atoms with Gasteiger partial charge in [0.2, 0.25) is 5.91 Å². The van der Waals surface area contributed by atoms with Gasteiger partial charge in [-0.05, 0) is 81.5 Å². The Morgan fingerprint density at radius 1 is 1.27 bits per heavy atom. The number of thioether (sulfide) groups is 1. The molecule has 5 fully saturated rings. The van der Waals surface area contributed by atoms with Gasteiger partial charge in [-0.3, -0.25) is 9.36 Å². The smallest absolute Gasteiger partial charge is 0.344 e. The average Bonchev–Trinajstić information content (AvgIpc) is 3.34. The second-order valence-electron chi connectivity index (χ2n) is 9.27. The quantitative estimate of drug-likeness (QED) is 0.748. The van der Waals surface area contributed by atoms with Crippen LogP contribution in [0.2, 0.25) is 0 Å². The number of aromatic amines is 1. The molecule has 142 valence electrons. The Labute approximate surface area is 157 Å². The van der Waals surface area contributed by atoms with Gasteiger partial charge in [-0.2, -0.15) is 0 Å². The molecule has 1 aromatic rings. The van der Waals surface area contributed by atoms with E-state index in [9.17, 15) is 9.59 Å². The Hall–Kier alpha value is -1.24. The zero-order chi connectivity index (χ0) is 17.9. The van der Waals surface area contributed by atoms with Crippen LogP contribution in [0.15, 0.2) is 9.95 Å². The van der Waals surface area contributed by atoms with Gasteiger partial charge in [0.15, 0.2) is 5.16 Å². The minimum Gasteiger partial charge on any atom is -0.352 e. The van der Waals surface area contributed by atoms with Crippen molar-refractivity contribution < 1.29 is 4.79 Å². The Morgan fingerprint density at radius 2 is 1.88 bits per heavy atom. The number of rotatable bonds is 6. The van der Waals surface area contributed by atoms with Crippen LogP contribution in [0.4, 0.5) is 0 Å². The van der Waals surface area contributed by atoms with E-state index in [0.29, 0.717) is 16.3 Å². The number of aromatic nitrogens is 3. The molecule has 5 saturated carbocycles. The number of nitrogens with one attached hydrogen (secondary N) is 2. The molecule has 1 heterocycles. The number of hydrogen-bond acceptors (Lipinski definition) is 4. The van der Waals surface area contributed by atoms with Crippen molar-refractivity contribution >= 4 is 17.7 Å². The molecule has 5 aliphatic carbocycles. The second-order valence-corrected chi connectivity index (χ2v) is 10.2. The van der Waals surface area contributed by atoms with Crippen LogP contribution in [-0.2, 0) is 4.79 Å². The highest BCUT2D eigenvalue weighted by Gasteiger charge is 2.53. The third kappa shape index (κ3) is 2.92. The zero-order valence-corrected chi connectivity index (χ0v) is 16.2. The van der Waals surface area contributed by atoms with E-state index < -0.39 is 0 Å². The van der Waals surface area contributed by atoms with Gasteiger partial charge in [0.25, 0.3) is 0 Å². The van der Waals surface area contributed by atoms with Gasteiger partial charge in [-0.25, -0.2) is 9.89 Å². The van der Waals surface area contributed by atoms with E-state index >= 15 is 0 Å². The molecule has 0 aromatic carbocycles. The molecule has 0 unspecified atom stereocenters. The number of carbonyl (C=O) groups excluding carboxylic acids is 1. The maximum atomic E-state index is 12.6. The highest BCUT2D eigenvalue weighted by Crippen LogP contribution is 2.61. The van der Waals surface area contributed by atoms with Crippen molar-refractivity contribution in [2.75, 3.05) is 5.75 Å². The molecule has 4 bridgehead atoms. The van der Waals surface area contributed by atoms with E-state index in [1.807, 2.05) is 0 Å². The maximum absolute atomic E-state index is 12.6. The maximum Gasteiger partial charge on any atom is 0.344 e. The summed E-state index contributed by atoms with van der Waals surface area (Å²) in [6.07, 6.45) is 10.2. The van der Waals surface area contributed by atoms with Gasteiger partial charge in [-0.1, -0.05) is 11.8 Å². The minimum absolute atomic E-state index is 0.0658. The van der Waals surface area contributed by atoms with Crippen LogP contribution in [-0.4, -0.2) is 32.5 Å². The number of carbonyl (C=O) groups is 1. The van der Waals surface area contributed by atoms with Crippen molar-refractivity contribution in [2.24, 2.45) is 23.2 Å². The molecule has 2 N–H and O–H groups in total. The fourth-order valence-corrected chi connectivity index (χ4v) is 7.15. The Kier molecular flexibility index (Phi) is 3.99. The molecule has 0 aliphatic heterocycles. The van der Waals surface area contributed by atoms with Gasteiger partial charge in [-0.15, -0.1) is 5.10 Å². The van der Waals surface area contributed by atoms with Crippen molar-refractivity contribution in [3.8, 4) is 0 Å². The Bertz CT molecular complexity index is 731. The summed E-state index contributed by atoms with van der Waals surface area (Å²) < 4.78 is 1.71. The van der Waals surface area contributed by atoms with Crippen LogP contribution in [0, 0.1) is 23.2 Å². The molecule has 7 heteroatoms. The molecular weight excluding hydrogens is 348 g/mol. The summed E-state index contributed by atoms with van der Waals surface area (Å²) in [6, 6.07) is 0.520. The molecule has 5 aliphatic rings. The summed E-state index contributed by atoms with van der Waals surface area (Å²) >= 11 is 1.37. The van der Waals surface area contributed by atoms with E-state index in [1.54, 1.807) is 4.57 Å². The lowest BCUT2D eigenvalue weighted by atomic mass is 9.48. The summed E-state index contributed by atoms with van der Waals surface area (Å²) in [5, 5.41) is 10.5. The highest BCUT2D eigenvalue weighted by molar-refractivity contribution is 7.99. The van der Waals surface area contributed by atoms with Crippen LogP contribution in [0.5, 0.6) is 0 Å². The van der Waals surface area contributed by atoms with Gasteiger partial charge in [0.05, 0.1) is 5.75 Å². The SMILES string of the molecule is C[C@H](NC(=O)CSc1n[nH]c(=O)n1C1CC1)C12CC3CC(CC(C3)C1)C2. The van der Waals surface area contributed by atoms with Crippen LogP contribution < -0.4 is 11.0 Å². The standard InChI is InChI=1S/C19H28N4O2S/c1-11(19-7-12-4-13(8-19)6-14(5-12)9-19)20-16(24)10-26-18-22-21-17(25)23(18)15-2-3-15/h11-15H,2-10H2,1H3,(H,20,24)(H,21,25)/t11-,12?,13?,14?,19?/m0/s1. The van der Waals surface area contributed by atoms with Gasteiger partial charge < -0.3 is 5.32 Å². The van der Waals surface area contributed by atoms with Crippen molar-refractivity contribution in [3.05, 3.63) is 10.5 Å². The first-order valence-electron chi connectivity index (χ1n) is 10.1. The topological polar surface area (TPSA) is 79.8 Å². The first-order valence-corrected chi connectivity index (χ1v) is 11.1. The summed E-state index contributed by atoms with van der Waals surface area (Å²) in [4.78, 5) is 24.4. The first-order chi connectivity index (χ1) is 12.5. The second kappa shape index (κ2) is 6.14. The highest BCUT2D eigenvalue weighted by atomic mass is 32.2. The predicted octanol–water partition coefficient (Wildman–Crippen LogP) is 2.72. The molecule has 0 radical (unpaired) electrons. The lowest BCUT2D eigenvalue weighted by molar-refractivity contribution is -0.123. The molecule has 0 spiro atoms. The fourth-order valence-electron chi connectivity index (χ4n) is 6.32. The van der Waals surface area contributed by atoms with Gasteiger partial charge in [0, 0.05) is 12.1 Å².